The first-order valence-corrected chi connectivity index (χ1v) is 9.53. The highest BCUT2D eigenvalue weighted by molar-refractivity contribution is 6.30. The van der Waals surface area contributed by atoms with E-state index in [4.69, 9.17) is 20.8 Å². The van der Waals surface area contributed by atoms with Gasteiger partial charge in [-0.2, -0.15) is 0 Å². The van der Waals surface area contributed by atoms with Crippen molar-refractivity contribution >= 4 is 23.4 Å². The molecular formula is C19H17ClFN3O4. The fraction of sp³-hybridized carbons (Fsp3) is 0.474. The average molecular weight is 406 g/mol. The maximum absolute atomic E-state index is 13.4. The van der Waals surface area contributed by atoms with Crippen LogP contribution in [-0.2, 0) is 15.0 Å². The molecule has 2 aromatic rings. The standard InChI is InChI=1S/C19H17ClFN3O4/c20-12-4-3-11(5-13(12)21)27-6-14(25)22-16(26)18-7-19(8-18,9-18)17-24-23-15(28-17)10-1-2-10/h3-5,10H,1-2,6-9H2,(H,22,25,26). The van der Waals surface area contributed by atoms with Gasteiger partial charge in [-0.1, -0.05) is 11.6 Å². The monoisotopic (exact) mass is 405 g/mol. The van der Waals surface area contributed by atoms with Crippen molar-refractivity contribution < 1.29 is 23.1 Å². The molecule has 0 spiro atoms. The van der Waals surface area contributed by atoms with Crippen LogP contribution in [0.5, 0.6) is 5.75 Å². The summed E-state index contributed by atoms with van der Waals surface area (Å²) in [5, 5.41) is 10.6. The van der Waals surface area contributed by atoms with Gasteiger partial charge < -0.3 is 9.15 Å². The van der Waals surface area contributed by atoms with Crippen LogP contribution in [0.25, 0.3) is 0 Å². The lowest BCUT2D eigenvalue weighted by molar-refractivity contribution is -0.182. The molecule has 146 valence electrons. The van der Waals surface area contributed by atoms with Gasteiger partial charge in [0.05, 0.1) is 15.9 Å². The Morgan fingerprint density at radius 3 is 2.71 bits per heavy atom. The molecule has 0 radical (unpaired) electrons. The van der Waals surface area contributed by atoms with E-state index in [2.05, 4.69) is 15.5 Å². The largest absolute Gasteiger partial charge is 0.484 e. The Balaban J connectivity index is 1.13. The number of amides is 2. The number of nitrogens with zero attached hydrogens (tertiary/aromatic N) is 2. The first kappa shape index (κ1) is 17.6. The normalized spacial score (nSPS) is 27.5. The van der Waals surface area contributed by atoms with Crippen LogP contribution in [0.4, 0.5) is 4.39 Å². The molecule has 1 heterocycles. The molecule has 9 heteroatoms. The molecule has 0 unspecified atom stereocenters. The van der Waals surface area contributed by atoms with Gasteiger partial charge in [0.2, 0.25) is 17.7 Å². The van der Waals surface area contributed by atoms with Gasteiger partial charge in [0.1, 0.15) is 11.6 Å². The third kappa shape index (κ3) is 2.78. The van der Waals surface area contributed by atoms with Crippen molar-refractivity contribution in [3.05, 3.63) is 40.8 Å². The van der Waals surface area contributed by atoms with Crippen LogP contribution in [-0.4, -0.2) is 28.6 Å². The van der Waals surface area contributed by atoms with E-state index in [-0.39, 0.29) is 28.7 Å². The topological polar surface area (TPSA) is 94.3 Å². The van der Waals surface area contributed by atoms with Crippen molar-refractivity contribution in [2.45, 2.75) is 43.4 Å². The van der Waals surface area contributed by atoms with Gasteiger partial charge in [0, 0.05) is 12.0 Å². The molecular weight excluding hydrogens is 389 g/mol. The molecule has 1 N–H and O–H groups in total. The summed E-state index contributed by atoms with van der Waals surface area (Å²) in [4.78, 5) is 24.5. The molecule has 4 aliphatic carbocycles. The number of hydrogen-bond acceptors (Lipinski definition) is 6. The molecule has 0 saturated heterocycles. The number of rotatable bonds is 6. The molecule has 2 amide bonds. The van der Waals surface area contributed by atoms with Gasteiger partial charge in [0.25, 0.3) is 5.91 Å². The van der Waals surface area contributed by atoms with E-state index in [0.29, 0.717) is 37.0 Å². The lowest BCUT2D eigenvalue weighted by Gasteiger charge is -2.67. The number of hydrogen-bond donors (Lipinski definition) is 1. The number of aromatic nitrogens is 2. The predicted molar refractivity (Wildman–Crippen MR) is 94.3 cm³/mol. The number of carbonyl (C=O) groups is 2. The third-order valence-electron chi connectivity index (χ3n) is 5.85. The second kappa shape index (κ2) is 6.01. The molecule has 2 bridgehead atoms. The van der Waals surface area contributed by atoms with Crippen LogP contribution in [0.2, 0.25) is 5.02 Å². The van der Waals surface area contributed by atoms with E-state index in [0.717, 1.165) is 18.9 Å². The van der Waals surface area contributed by atoms with E-state index in [9.17, 15) is 14.0 Å². The molecule has 1 aromatic carbocycles. The lowest BCUT2D eigenvalue weighted by atomic mass is 9.34. The van der Waals surface area contributed by atoms with E-state index in [1.54, 1.807) is 0 Å². The van der Waals surface area contributed by atoms with Crippen LogP contribution < -0.4 is 10.1 Å². The van der Waals surface area contributed by atoms with Crippen molar-refractivity contribution in [2.75, 3.05) is 6.61 Å². The van der Waals surface area contributed by atoms with Crippen LogP contribution in [0.1, 0.15) is 49.8 Å². The first-order valence-electron chi connectivity index (χ1n) is 9.15. The Labute approximate surface area is 164 Å². The van der Waals surface area contributed by atoms with Gasteiger partial charge in [-0.05, 0) is 44.2 Å². The summed E-state index contributed by atoms with van der Waals surface area (Å²) >= 11 is 5.59. The molecule has 4 saturated carbocycles. The zero-order chi connectivity index (χ0) is 19.5. The van der Waals surface area contributed by atoms with Crippen molar-refractivity contribution in [1.29, 1.82) is 0 Å². The molecule has 4 fully saturated rings. The predicted octanol–water partition coefficient (Wildman–Crippen LogP) is 2.88. The van der Waals surface area contributed by atoms with E-state index < -0.39 is 17.1 Å². The lowest BCUT2D eigenvalue weighted by Crippen LogP contribution is -2.70. The quantitative estimate of drug-likeness (QED) is 0.794. The van der Waals surface area contributed by atoms with Gasteiger partial charge in [0.15, 0.2) is 6.61 Å². The zero-order valence-corrected chi connectivity index (χ0v) is 15.6. The second-order valence-corrected chi connectivity index (χ2v) is 8.46. The SMILES string of the molecule is O=C(COc1ccc(Cl)c(F)c1)NC(=O)C12CC(c3nnc(C4CC4)o3)(C1)C2. The molecule has 6 rings (SSSR count). The van der Waals surface area contributed by atoms with Crippen LogP contribution in [0.15, 0.2) is 22.6 Å². The number of nitrogens with one attached hydrogen (secondary N) is 1. The minimum absolute atomic E-state index is 0.0324. The van der Waals surface area contributed by atoms with Crippen molar-refractivity contribution in [3.8, 4) is 5.75 Å². The Morgan fingerprint density at radius 1 is 1.29 bits per heavy atom. The van der Waals surface area contributed by atoms with Gasteiger partial charge in [-0.15, -0.1) is 10.2 Å². The fourth-order valence-electron chi connectivity index (χ4n) is 4.21. The fourth-order valence-corrected chi connectivity index (χ4v) is 4.33. The highest BCUT2D eigenvalue weighted by Crippen LogP contribution is 2.73. The summed E-state index contributed by atoms with van der Waals surface area (Å²) in [5.41, 5.74) is -0.756. The molecule has 28 heavy (non-hydrogen) atoms. The number of carbonyl (C=O) groups excluding carboxylic acids is 2. The summed E-state index contributed by atoms with van der Waals surface area (Å²) in [6, 6.07) is 3.87. The first-order chi connectivity index (χ1) is 13.4. The van der Waals surface area contributed by atoms with Gasteiger partial charge >= 0.3 is 0 Å². The average Bonchev–Trinajstić information content (AvgIpc) is 3.32. The summed E-state index contributed by atoms with van der Waals surface area (Å²) in [6.07, 6.45) is 4.00. The van der Waals surface area contributed by atoms with E-state index in [1.165, 1.54) is 12.1 Å². The van der Waals surface area contributed by atoms with E-state index >= 15 is 0 Å². The Morgan fingerprint density at radius 2 is 2.04 bits per heavy atom. The summed E-state index contributed by atoms with van der Waals surface area (Å²) in [6.45, 7) is -0.386. The van der Waals surface area contributed by atoms with Crippen LogP contribution >= 0.6 is 11.6 Å². The highest BCUT2D eigenvalue weighted by Gasteiger charge is 2.74. The minimum Gasteiger partial charge on any atom is -0.484 e. The highest BCUT2D eigenvalue weighted by atomic mass is 35.5. The third-order valence-corrected chi connectivity index (χ3v) is 6.15. The van der Waals surface area contributed by atoms with Crippen molar-refractivity contribution in [3.63, 3.8) is 0 Å². The number of halogens is 2. The zero-order valence-electron chi connectivity index (χ0n) is 14.8. The summed E-state index contributed by atoms with van der Waals surface area (Å²) in [7, 11) is 0. The van der Waals surface area contributed by atoms with Crippen LogP contribution in [0.3, 0.4) is 0 Å². The Bertz CT molecular complexity index is 968. The minimum atomic E-state index is -0.638. The molecule has 4 aliphatic rings. The number of ether oxygens (including phenoxy) is 1. The van der Waals surface area contributed by atoms with E-state index in [1.807, 2.05) is 0 Å². The molecule has 1 aromatic heterocycles. The Hall–Kier alpha value is -2.48. The molecule has 0 aliphatic heterocycles. The maximum Gasteiger partial charge on any atom is 0.264 e. The number of benzene rings is 1. The van der Waals surface area contributed by atoms with Crippen LogP contribution in [0, 0.1) is 11.2 Å². The van der Waals surface area contributed by atoms with Crippen molar-refractivity contribution in [1.82, 2.24) is 15.5 Å². The summed E-state index contributed by atoms with van der Waals surface area (Å²) < 4.78 is 24.4. The molecule has 0 atom stereocenters. The smallest absolute Gasteiger partial charge is 0.264 e. The van der Waals surface area contributed by atoms with Gasteiger partial charge in [-0.25, -0.2) is 4.39 Å². The number of imide groups is 1. The second-order valence-electron chi connectivity index (χ2n) is 8.05. The summed E-state index contributed by atoms with van der Waals surface area (Å²) in [5.74, 6) is 0.350. The Kier molecular flexibility index (Phi) is 3.78. The van der Waals surface area contributed by atoms with Gasteiger partial charge in [-0.3, -0.25) is 14.9 Å². The maximum atomic E-state index is 13.4. The molecule has 7 nitrogen and oxygen atoms in total. The van der Waals surface area contributed by atoms with Crippen molar-refractivity contribution in [2.24, 2.45) is 5.41 Å².